The zero-order valence-corrected chi connectivity index (χ0v) is 13.4. The number of nitrogens with one attached hydrogen (secondary N) is 1. The highest BCUT2D eigenvalue weighted by Crippen LogP contribution is 2.41. The highest BCUT2D eigenvalue weighted by Gasteiger charge is 2.30. The fourth-order valence-corrected chi connectivity index (χ4v) is 2.48. The Labute approximate surface area is 139 Å². The maximum atomic E-state index is 12.4. The molecule has 1 aliphatic carbocycles. The van der Waals surface area contributed by atoms with Crippen LogP contribution < -0.4 is 5.32 Å². The Balaban J connectivity index is 1.83. The Morgan fingerprint density at radius 2 is 2.12 bits per heavy atom. The van der Waals surface area contributed by atoms with Gasteiger partial charge in [-0.3, -0.25) is 4.79 Å². The number of rotatable bonds is 5. The van der Waals surface area contributed by atoms with Crippen molar-refractivity contribution in [3.05, 3.63) is 36.0 Å². The molecule has 1 fully saturated rings. The van der Waals surface area contributed by atoms with Crippen LogP contribution in [0.4, 0.5) is 4.79 Å². The summed E-state index contributed by atoms with van der Waals surface area (Å²) >= 11 is 0. The number of aromatic hydroxyl groups is 1. The molecular formula is C17H19N3O4. The predicted molar refractivity (Wildman–Crippen MR) is 86.7 cm³/mol. The van der Waals surface area contributed by atoms with Gasteiger partial charge in [0.15, 0.2) is 0 Å². The number of phenols is 1. The van der Waals surface area contributed by atoms with E-state index in [-0.39, 0.29) is 24.8 Å². The van der Waals surface area contributed by atoms with E-state index in [2.05, 4.69) is 10.4 Å². The number of para-hydroxylation sites is 1. The van der Waals surface area contributed by atoms with Gasteiger partial charge in [0.1, 0.15) is 12.3 Å². The van der Waals surface area contributed by atoms with Crippen LogP contribution >= 0.6 is 0 Å². The highest BCUT2D eigenvalue weighted by molar-refractivity contribution is 5.83. The number of phenolic OH excluding ortho intramolecular Hbond substituents is 1. The van der Waals surface area contributed by atoms with Crippen LogP contribution in [0.5, 0.6) is 5.75 Å². The SMILES string of the molecule is CCOC(=O)CNC(=O)n1nc(-c2ccccc2O)cc1C1CC1. The molecule has 1 aromatic heterocycles. The van der Waals surface area contributed by atoms with Crippen molar-refractivity contribution in [2.24, 2.45) is 0 Å². The van der Waals surface area contributed by atoms with Gasteiger partial charge in [-0.2, -0.15) is 9.78 Å². The summed E-state index contributed by atoms with van der Waals surface area (Å²) in [6.07, 6.45) is 1.99. The van der Waals surface area contributed by atoms with Gasteiger partial charge < -0.3 is 15.2 Å². The van der Waals surface area contributed by atoms with Gasteiger partial charge in [-0.15, -0.1) is 0 Å². The number of nitrogens with zero attached hydrogens (tertiary/aromatic N) is 2. The number of carbonyl (C=O) groups excluding carboxylic acids is 2. The number of ether oxygens (including phenoxy) is 1. The molecule has 7 heteroatoms. The normalized spacial score (nSPS) is 13.5. The molecule has 0 aliphatic heterocycles. The lowest BCUT2D eigenvalue weighted by molar-refractivity contribution is -0.141. The zero-order valence-electron chi connectivity index (χ0n) is 13.4. The molecule has 0 spiro atoms. The van der Waals surface area contributed by atoms with Crippen molar-refractivity contribution in [3.63, 3.8) is 0 Å². The lowest BCUT2D eigenvalue weighted by Gasteiger charge is -2.07. The second-order valence-electron chi connectivity index (χ2n) is 5.62. The molecule has 1 aliphatic rings. The number of esters is 1. The number of amides is 1. The van der Waals surface area contributed by atoms with Crippen LogP contribution in [0.25, 0.3) is 11.3 Å². The maximum absolute atomic E-state index is 12.4. The lowest BCUT2D eigenvalue weighted by atomic mass is 10.1. The maximum Gasteiger partial charge on any atom is 0.342 e. The van der Waals surface area contributed by atoms with Crippen LogP contribution in [0.2, 0.25) is 0 Å². The van der Waals surface area contributed by atoms with Gasteiger partial charge in [0.25, 0.3) is 0 Å². The molecule has 24 heavy (non-hydrogen) atoms. The minimum Gasteiger partial charge on any atom is -0.507 e. The summed E-state index contributed by atoms with van der Waals surface area (Å²) in [5.74, 6) is -0.103. The average molecular weight is 329 g/mol. The molecule has 2 N–H and O–H groups in total. The summed E-state index contributed by atoms with van der Waals surface area (Å²) in [5, 5.41) is 16.8. The monoisotopic (exact) mass is 329 g/mol. The summed E-state index contributed by atoms with van der Waals surface area (Å²) < 4.78 is 6.07. The molecule has 126 valence electrons. The number of benzene rings is 1. The summed E-state index contributed by atoms with van der Waals surface area (Å²) in [6.45, 7) is 1.76. The van der Waals surface area contributed by atoms with Gasteiger partial charge >= 0.3 is 12.0 Å². The third kappa shape index (κ3) is 3.40. The fourth-order valence-electron chi connectivity index (χ4n) is 2.48. The van der Waals surface area contributed by atoms with E-state index >= 15 is 0 Å². The quantitative estimate of drug-likeness (QED) is 0.821. The van der Waals surface area contributed by atoms with Crippen LogP contribution in [0.3, 0.4) is 0 Å². The van der Waals surface area contributed by atoms with Gasteiger partial charge in [-0.25, -0.2) is 4.79 Å². The van der Waals surface area contributed by atoms with Crippen molar-refractivity contribution in [2.45, 2.75) is 25.7 Å². The van der Waals surface area contributed by atoms with Crippen molar-refractivity contribution < 1.29 is 19.4 Å². The Morgan fingerprint density at radius 1 is 1.38 bits per heavy atom. The molecule has 0 unspecified atom stereocenters. The molecule has 1 saturated carbocycles. The van der Waals surface area contributed by atoms with Gasteiger partial charge in [0, 0.05) is 11.5 Å². The average Bonchev–Trinajstić information content (AvgIpc) is 3.32. The van der Waals surface area contributed by atoms with Gasteiger partial charge in [-0.05, 0) is 38.0 Å². The highest BCUT2D eigenvalue weighted by atomic mass is 16.5. The van der Waals surface area contributed by atoms with E-state index in [9.17, 15) is 14.7 Å². The molecule has 1 heterocycles. The smallest absolute Gasteiger partial charge is 0.342 e. The molecular weight excluding hydrogens is 310 g/mol. The molecule has 7 nitrogen and oxygen atoms in total. The third-order valence-electron chi connectivity index (χ3n) is 3.79. The van der Waals surface area contributed by atoms with E-state index in [0.29, 0.717) is 11.3 Å². The van der Waals surface area contributed by atoms with Crippen molar-refractivity contribution in [2.75, 3.05) is 13.2 Å². The second kappa shape index (κ2) is 6.74. The topological polar surface area (TPSA) is 93.5 Å². The Hall–Kier alpha value is -2.83. The van der Waals surface area contributed by atoms with Crippen molar-refractivity contribution in [1.29, 1.82) is 0 Å². The van der Waals surface area contributed by atoms with Gasteiger partial charge in [0.05, 0.1) is 18.0 Å². The van der Waals surface area contributed by atoms with Gasteiger partial charge in [0.2, 0.25) is 0 Å². The molecule has 1 amide bonds. The van der Waals surface area contributed by atoms with E-state index in [1.165, 1.54) is 4.68 Å². The van der Waals surface area contributed by atoms with Crippen LogP contribution in [-0.2, 0) is 9.53 Å². The minimum atomic E-state index is -0.494. The number of hydrogen-bond acceptors (Lipinski definition) is 5. The summed E-state index contributed by atoms with van der Waals surface area (Å²) in [5.41, 5.74) is 1.88. The summed E-state index contributed by atoms with van der Waals surface area (Å²) in [4.78, 5) is 23.7. The van der Waals surface area contributed by atoms with Crippen LogP contribution in [0.15, 0.2) is 30.3 Å². The molecule has 1 aromatic carbocycles. The summed E-state index contributed by atoms with van der Waals surface area (Å²) in [7, 11) is 0. The number of carbonyl (C=O) groups is 2. The summed E-state index contributed by atoms with van der Waals surface area (Å²) in [6, 6.07) is 8.18. The number of aromatic nitrogens is 2. The van der Waals surface area contributed by atoms with Crippen LogP contribution in [0.1, 0.15) is 31.4 Å². The minimum absolute atomic E-state index is 0.108. The van der Waals surface area contributed by atoms with E-state index in [4.69, 9.17) is 4.74 Å². The van der Waals surface area contributed by atoms with Crippen molar-refractivity contribution in [3.8, 4) is 17.0 Å². The van der Waals surface area contributed by atoms with E-state index < -0.39 is 12.0 Å². The van der Waals surface area contributed by atoms with E-state index in [0.717, 1.165) is 18.5 Å². The second-order valence-corrected chi connectivity index (χ2v) is 5.62. The van der Waals surface area contributed by atoms with E-state index in [1.807, 2.05) is 6.07 Å². The Morgan fingerprint density at radius 3 is 2.79 bits per heavy atom. The Kier molecular flexibility index (Phi) is 4.50. The predicted octanol–water partition coefficient (Wildman–Crippen LogP) is 2.25. The first-order valence-electron chi connectivity index (χ1n) is 7.92. The fraction of sp³-hybridized carbons (Fsp3) is 0.353. The van der Waals surface area contributed by atoms with Gasteiger partial charge in [-0.1, -0.05) is 12.1 Å². The number of hydrogen-bond donors (Lipinski definition) is 2. The molecule has 2 aromatic rings. The van der Waals surface area contributed by atoms with E-state index in [1.54, 1.807) is 31.2 Å². The Bertz CT molecular complexity index is 765. The molecule has 3 rings (SSSR count). The first kappa shape index (κ1) is 16.0. The molecule has 0 radical (unpaired) electrons. The zero-order chi connectivity index (χ0) is 17.1. The van der Waals surface area contributed by atoms with Crippen LogP contribution in [-0.4, -0.2) is 40.0 Å². The first-order chi connectivity index (χ1) is 11.6. The largest absolute Gasteiger partial charge is 0.507 e. The third-order valence-corrected chi connectivity index (χ3v) is 3.79. The lowest BCUT2D eigenvalue weighted by Crippen LogP contribution is -2.35. The van der Waals surface area contributed by atoms with Crippen LogP contribution in [0, 0.1) is 0 Å². The molecule has 0 bridgehead atoms. The molecule has 0 atom stereocenters. The van der Waals surface area contributed by atoms with Crippen molar-refractivity contribution in [1.82, 2.24) is 15.1 Å². The molecule has 0 saturated heterocycles. The van der Waals surface area contributed by atoms with Crippen molar-refractivity contribution >= 4 is 12.0 Å². The standard InChI is InChI=1S/C17H19N3O4/c1-2-24-16(22)10-18-17(23)20-14(11-7-8-11)9-13(19-20)12-5-3-4-6-15(12)21/h3-6,9,11,21H,2,7-8,10H2,1H3,(H,18,23). The first-order valence-corrected chi connectivity index (χ1v) is 7.92.